The smallest absolute Gasteiger partial charge is 0.193 e. The van der Waals surface area contributed by atoms with Crippen LogP contribution in [0.25, 0.3) is 0 Å². The Morgan fingerprint density at radius 3 is 2.50 bits per heavy atom. The summed E-state index contributed by atoms with van der Waals surface area (Å²) in [4.78, 5) is 7.41. The highest BCUT2D eigenvalue weighted by Gasteiger charge is 2.35. The topological polar surface area (TPSA) is 55.3 Å². The molecule has 0 aromatic heterocycles. The van der Waals surface area contributed by atoms with Crippen LogP contribution in [0.1, 0.15) is 44.6 Å². The van der Waals surface area contributed by atoms with Crippen LogP contribution in [0.15, 0.2) is 29.3 Å². The molecule has 1 N–H and O–H groups in total. The van der Waals surface area contributed by atoms with Gasteiger partial charge in [-0.2, -0.15) is 0 Å². The van der Waals surface area contributed by atoms with E-state index in [1.807, 2.05) is 12.1 Å². The van der Waals surface area contributed by atoms with Crippen molar-refractivity contribution in [3.8, 4) is 0 Å². The van der Waals surface area contributed by atoms with E-state index in [-0.39, 0.29) is 35.2 Å². The van der Waals surface area contributed by atoms with Crippen molar-refractivity contribution in [1.29, 1.82) is 0 Å². The van der Waals surface area contributed by atoms with Crippen molar-refractivity contribution in [2.45, 2.75) is 50.5 Å². The van der Waals surface area contributed by atoms with Crippen LogP contribution in [0.4, 0.5) is 4.39 Å². The van der Waals surface area contributed by atoms with Crippen LogP contribution in [0.2, 0.25) is 0 Å². The molecular weight excluding hydrogens is 524 g/mol. The minimum atomic E-state index is -0.199. The van der Waals surface area contributed by atoms with Gasteiger partial charge in [-0.1, -0.05) is 12.1 Å². The van der Waals surface area contributed by atoms with Crippen molar-refractivity contribution in [2.75, 3.05) is 59.7 Å². The van der Waals surface area contributed by atoms with Crippen molar-refractivity contribution in [3.63, 3.8) is 0 Å². The van der Waals surface area contributed by atoms with E-state index >= 15 is 0 Å². The number of ether oxygens (including phenoxy) is 3. The van der Waals surface area contributed by atoms with E-state index in [0.717, 1.165) is 89.7 Å². The number of guanidine groups is 1. The van der Waals surface area contributed by atoms with Crippen LogP contribution < -0.4 is 5.32 Å². The Labute approximate surface area is 209 Å². The first-order chi connectivity index (χ1) is 15.2. The first kappa shape index (κ1) is 27.3. The fourth-order valence-electron chi connectivity index (χ4n) is 4.44. The Morgan fingerprint density at radius 2 is 1.88 bits per heavy atom. The lowest BCUT2D eigenvalue weighted by Crippen LogP contribution is -2.48. The molecule has 32 heavy (non-hydrogen) atoms. The maximum Gasteiger partial charge on any atom is 0.193 e. The van der Waals surface area contributed by atoms with Gasteiger partial charge in [-0.05, 0) is 56.7 Å². The normalized spacial score (nSPS) is 19.5. The van der Waals surface area contributed by atoms with E-state index in [4.69, 9.17) is 19.2 Å². The third kappa shape index (κ3) is 7.81. The Morgan fingerprint density at radius 1 is 1.19 bits per heavy atom. The van der Waals surface area contributed by atoms with Gasteiger partial charge in [0, 0.05) is 58.6 Å². The number of methoxy groups -OCH3 is 1. The van der Waals surface area contributed by atoms with Gasteiger partial charge in [0.15, 0.2) is 5.96 Å². The summed E-state index contributed by atoms with van der Waals surface area (Å²) in [6, 6.07) is 6.93. The minimum absolute atomic E-state index is 0. The average Bonchev–Trinajstić information content (AvgIpc) is 2.81. The molecule has 182 valence electrons. The molecule has 1 aromatic carbocycles. The van der Waals surface area contributed by atoms with Crippen molar-refractivity contribution >= 4 is 29.9 Å². The van der Waals surface area contributed by atoms with Crippen LogP contribution >= 0.6 is 24.0 Å². The fraction of sp³-hybridized carbons (Fsp3) is 0.708. The SMILES string of the molecule is CCNC(=NCC1(c2ccc(F)cc2)CCOCC1)N1CCC(OCCCOC)CC1.I. The monoisotopic (exact) mass is 563 g/mol. The molecule has 3 rings (SSSR count). The third-order valence-corrected chi connectivity index (χ3v) is 6.36. The third-order valence-electron chi connectivity index (χ3n) is 6.36. The van der Waals surface area contributed by atoms with Gasteiger partial charge in [0.25, 0.3) is 0 Å². The van der Waals surface area contributed by atoms with Crippen LogP contribution in [-0.4, -0.2) is 76.7 Å². The highest BCUT2D eigenvalue weighted by Crippen LogP contribution is 2.35. The highest BCUT2D eigenvalue weighted by atomic mass is 127. The zero-order valence-corrected chi connectivity index (χ0v) is 21.8. The Kier molecular flexibility index (Phi) is 12.2. The van der Waals surface area contributed by atoms with Gasteiger partial charge in [0.1, 0.15) is 5.82 Å². The Balaban J connectivity index is 0.00000363. The molecule has 0 bridgehead atoms. The lowest BCUT2D eigenvalue weighted by atomic mass is 9.74. The molecule has 2 aliphatic heterocycles. The molecule has 0 radical (unpaired) electrons. The van der Waals surface area contributed by atoms with Gasteiger partial charge in [-0.15, -0.1) is 24.0 Å². The number of halogens is 2. The number of piperidine rings is 1. The van der Waals surface area contributed by atoms with Gasteiger partial charge in [-0.25, -0.2) is 4.39 Å². The number of rotatable bonds is 9. The molecule has 0 unspecified atom stereocenters. The van der Waals surface area contributed by atoms with E-state index < -0.39 is 0 Å². The molecular formula is C24H39FIN3O3. The second kappa shape index (κ2) is 14.3. The number of hydrogen-bond acceptors (Lipinski definition) is 4. The van der Waals surface area contributed by atoms with Crippen molar-refractivity contribution in [3.05, 3.63) is 35.6 Å². The van der Waals surface area contributed by atoms with Crippen LogP contribution in [-0.2, 0) is 19.6 Å². The molecule has 0 aliphatic carbocycles. The van der Waals surface area contributed by atoms with E-state index in [1.165, 1.54) is 0 Å². The van der Waals surface area contributed by atoms with Gasteiger partial charge >= 0.3 is 0 Å². The summed E-state index contributed by atoms with van der Waals surface area (Å²) in [5.41, 5.74) is 1.05. The maximum atomic E-state index is 13.5. The Bertz CT molecular complexity index is 676. The van der Waals surface area contributed by atoms with Crippen LogP contribution in [0, 0.1) is 5.82 Å². The molecule has 2 fully saturated rings. The molecule has 6 nitrogen and oxygen atoms in total. The van der Waals surface area contributed by atoms with E-state index in [0.29, 0.717) is 12.6 Å². The standard InChI is InChI=1S/C24H38FN3O3.HI/c1-3-26-23(28-13-9-22(10-14-28)31-16-4-15-29-2)27-19-24(11-17-30-18-12-24)20-5-7-21(25)8-6-20;/h5-8,22H,3-4,9-19H2,1-2H3,(H,26,27);1H. The molecule has 2 saturated heterocycles. The summed E-state index contributed by atoms with van der Waals surface area (Å²) >= 11 is 0. The highest BCUT2D eigenvalue weighted by molar-refractivity contribution is 14.0. The van der Waals surface area contributed by atoms with Gasteiger partial charge in [-0.3, -0.25) is 4.99 Å². The zero-order valence-electron chi connectivity index (χ0n) is 19.5. The van der Waals surface area contributed by atoms with E-state index in [9.17, 15) is 4.39 Å². The number of likely N-dealkylation sites (tertiary alicyclic amines) is 1. The largest absolute Gasteiger partial charge is 0.385 e. The minimum Gasteiger partial charge on any atom is -0.385 e. The van der Waals surface area contributed by atoms with Gasteiger partial charge in [0.05, 0.1) is 12.6 Å². The summed E-state index contributed by atoms with van der Waals surface area (Å²) < 4.78 is 30.2. The number of hydrogen-bond donors (Lipinski definition) is 1. The molecule has 2 heterocycles. The lowest BCUT2D eigenvalue weighted by molar-refractivity contribution is 0.00982. The van der Waals surface area contributed by atoms with Gasteiger partial charge < -0.3 is 24.4 Å². The summed E-state index contributed by atoms with van der Waals surface area (Å²) in [5.74, 6) is 0.767. The van der Waals surface area contributed by atoms with E-state index in [2.05, 4.69) is 17.1 Å². The predicted octanol–water partition coefficient (Wildman–Crippen LogP) is 3.97. The summed E-state index contributed by atoms with van der Waals surface area (Å²) in [6.07, 6.45) is 5.08. The quantitative estimate of drug-likeness (QED) is 0.213. The maximum absolute atomic E-state index is 13.5. The molecule has 0 spiro atoms. The van der Waals surface area contributed by atoms with E-state index in [1.54, 1.807) is 19.2 Å². The number of aliphatic imine (C=N–C) groups is 1. The molecule has 0 atom stereocenters. The molecule has 8 heteroatoms. The second-order valence-electron chi connectivity index (χ2n) is 8.47. The van der Waals surface area contributed by atoms with Crippen molar-refractivity contribution < 1.29 is 18.6 Å². The number of benzene rings is 1. The molecule has 1 aromatic rings. The first-order valence-electron chi connectivity index (χ1n) is 11.6. The predicted molar refractivity (Wildman–Crippen MR) is 137 cm³/mol. The zero-order chi connectivity index (χ0) is 21.9. The first-order valence-corrected chi connectivity index (χ1v) is 11.6. The second-order valence-corrected chi connectivity index (χ2v) is 8.47. The summed E-state index contributed by atoms with van der Waals surface area (Å²) in [5, 5.41) is 3.47. The van der Waals surface area contributed by atoms with Crippen LogP contribution in [0.5, 0.6) is 0 Å². The Hall–Kier alpha value is -0.970. The van der Waals surface area contributed by atoms with Crippen LogP contribution in [0.3, 0.4) is 0 Å². The molecule has 0 amide bonds. The van der Waals surface area contributed by atoms with Crippen molar-refractivity contribution in [1.82, 2.24) is 10.2 Å². The van der Waals surface area contributed by atoms with Gasteiger partial charge in [0.2, 0.25) is 0 Å². The average molecular weight is 563 g/mol. The molecule has 2 aliphatic rings. The molecule has 0 saturated carbocycles. The van der Waals surface area contributed by atoms with Crippen molar-refractivity contribution in [2.24, 2.45) is 4.99 Å². The number of nitrogens with zero attached hydrogens (tertiary/aromatic N) is 2. The summed E-state index contributed by atoms with van der Waals surface area (Å²) in [7, 11) is 1.72. The lowest BCUT2D eigenvalue weighted by Gasteiger charge is -2.38. The fourth-order valence-corrected chi connectivity index (χ4v) is 4.44. The number of nitrogens with one attached hydrogen (secondary N) is 1. The summed E-state index contributed by atoms with van der Waals surface area (Å²) in [6.45, 7) is 8.43.